The van der Waals surface area contributed by atoms with E-state index >= 15 is 0 Å². The predicted octanol–water partition coefficient (Wildman–Crippen LogP) is 3.37. The Hall–Kier alpha value is -3.32. The maximum absolute atomic E-state index is 12.5. The molecule has 0 aliphatic rings. The third-order valence-electron chi connectivity index (χ3n) is 5.35. The van der Waals surface area contributed by atoms with Gasteiger partial charge in [0.05, 0.1) is 25.3 Å². The Bertz CT molecular complexity index is 1090. The minimum absolute atomic E-state index is 0.115. The van der Waals surface area contributed by atoms with Crippen LogP contribution in [0.1, 0.15) is 20.3 Å². The number of para-hydroxylation sites is 1. The van der Waals surface area contributed by atoms with Crippen LogP contribution in [0.25, 0.3) is 22.1 Å². The molecule has 3 rings (SSSR count). The first-order valence-electron chi connectivity index (χ1n) is 10.2. The van der Waals surface area contributed by atoms with E-state index in [-0.39, 0.29) is 31.1 Å². The van der Waals surface area contributed by atoms with Gasteiger partial charge in [-0.2, -0.15) is 0 Å². The van der Waals surface area contributed by atoms with Gasteiger partial charge in [0.2, 0.25) is 0 Å². The van der Waals surface area contributed by atoms with Crippen LogP contribution in [0.3, 0.4) is 0 Å². The summed E-state index contributed by atoms with van der Waals surface area (Å²) in [4.78, 5) is 24.6. The molecule has 1 aromatic heterocycles. The Morgan fingerprint density at radius 3 is 2.58 bits per heavy atom. The van der Waals surface area contributed by atoms with Crippen molar-refractivity contribution in [3.8, 4) is 22.6 Å². The van der Waals surface area contributed by atoms with Crippen LogP contribution in [-0.4, -0.2) is 37.4 Å². The molecule has 3 aromatic rings. The fraction of sp³-hybridized carbons (Fsp3) is 0.333. The smallest absolute Gasteiger partial charge is 0.344 e. The fourth-order valence-corrected chi connectivity index (χ4v) is 3.26. The van der Waals surface area contributed by atoms with E-state index in [9.17, 15) is 14.7 Å². The minimum atomic E-state index is -0.467. The molecule has 0 aliphatic heterocycles. The van der Waals surface area contributed by atoms with Crippen molar-refractivity contribution in [2.45, 2.75) is 26.3 Å². The van der Waals surface area contributed by atoms with Crippen molar-refractivity contribution in [2.75, 3.05) is 20.3 Å². The summed E-state index contributed by atoms with van der Waals surface area (Å²) in [6.45, 7) is 3.70. The second-order valence-electron chi connectivity index (χ2n) is 7.38. The summed E-state index contributed by atoms with van der Waals surface area (Å²) in [6.07, 6.45) is 0.851. The quantitative estimate of drug-likeness (QED) is 0.510. The van der Waals surface area contributed by atoms with Gasteiger partial charge in [-0.3, -0.25) is 4.79 Å². The first-order chi connectivity index (χ1) is 15.0. The number of amides is 1. The van der Waals surface area contributed by atoms with Gasteiger partial charge in [-0.25, -0.2) is 4.79 Å². The molecule has 0 bridgehead atoms. The lowest BCUT2D eigenvalue weighted by molar-refractivity contribution is -0.124. The van der Waals surface area contributed by atoms with Crippen LogP contribution in [0, 0.1) is 5.92 Å². The summed E-state index contributed by atoms with van der Waals surface area (Å²) in [5.41, 5.74) is 1.03. The largest absolute Gasteiger partial charge is 0.493 e. The van der Waals surface area contributed by atoms with Crippen molar-refractivity contribution in [3.63, 3.8) is 0 Å². The Labute approximate surface area is 180 Å². The maximum atomic E-state index is 12.5. The number of methoxy groups -OCH3 is 1. The third kappa shape index (κ3) is 5.24. The lowest BCUT2D eigenvalue weighted by Gasteiger charge is -2.22. The van der Waals surface area contributed by atoms with E-state index in [0.29, 0.717) is 28.2 Å². The molecule has 0 spiro atoms. The molecule has 0 unspecified atom stereocenters. The normalized spacial score (nSPS) is 12.9. The molecule has 0 fully saturated rings. The first-order valence-corrected chi connectivity index (χ1v) is 10.2. The molecule has 0 aliphatic carbocycles. The number of ether oxygens (including phenoxy) is 2. The molecule has 2 atom stereocenters. The summed E-state index contributed by atoms with van der Waals surface area (Å²) in [5, 5.41) is 13.0. The van der Waals surface area contributed by atoms with Gasteiger partial charge in [-0.15, -0.1) is 0 Å². The highest BCUT2D eigenvalue weighted by atomic mass is 16.5. The van der Waals surface area contributed by atoms with Gasteiger partial charge < -0.3 is 24.3 Å². The number of rotatable bonds is 9. The van der Waals surface area contributed by atoms with Crippen molar-refractivity contribution in [1.29, 1.82) is 0 Å². The number of carbonyl (C=O) groups excluding carboxylic acids is 1. The van der Waals surface area contributed by atoms with Crippen molar-refractivity contribution in [2.24, 2.45) is 5.92 Å². The Kier molecular flexibility index (Phi) is 7.31. The molecule has 164 valence electrons. The molecular formula is C24H27NO6. The number of aliphatic hydroxyl groups excluding tert-OH is 1. The molecular weight excluding hydrogens is 398 g/mol. The number of fused-ring (bicyclic) bond motifs is 1. The molecule has 1 amide bonds. The zero-order chi connectivity index (χ0) is 22.4. The monoisotopic (exact) mass is 425 g/mol. The van der Waals surface area contributed by atoms with E-state index in [2.05, 4.69) is 5.32 Å². The van der Waals surface area contributed by atoms with Crippen molar-refractivity contribution in [3.05, 3.63) is 59.0 Å². The van der Waals surface area contributed by atoms with Crippen LogP contribution >= 0.6 is 0 Å². The number of hydrogen-bond donors (Lipinski definition) is 2. The molecule has 0 radical (unpaired) electrons. The second-order valence-corrected chi connectivity index (χ2v) is 7.38. The van der Waals surface area contributed by atoms with Crippen LogP contribution in [0.4, 0.5) is 0 Å². The van der Waals surface area contributed by atoms with Crippen LogP contribution < -0.4 is 20.4 Å². The zero-order valence-corrected chi connectivity index (χ0v) is 17.9. The minimum Gasteiger partial charge on any atom is -0.493 e. The first kappa shape index (κ1) is 22.4. The standard InChI is InChI=1S/C24H27NO6/c1-4-15(2)20(13-26)25-22(27)14-30-18-10-8-16(9-11-18)19-12-17-6-5-7-21(29-3)23(17)31-24(19)28/h5-12,15,20,26H,4,13-14H2,1-3H3,(H,25,27)/t15-,20-/m0/s1. The maximum Gasteiger partial charge on any atom is 0.344 e. The molecule has 7 heteroatoms. The fourth-order valence-electron chi connectivity index (χ4n) is 3.26. The molecule has 0 saturated carbocycles. The van der Waals surface area contributed by atoms with Crippen LogP contribution in [0.5, 0.6) is 11.5 Å². The SMILES string of the molecule is CC[C@H](C)[C@H](CO)NC(=O)COc1ccc(-c2cc3cccc(OC)c3oc2=O)cc1. The van der Waals surface area contributed by atoms with E-state index in [1.165, 1.54) is 7.11 Å². The van der Waals surface area contributed by atoms with Gasteiger partial charge in [0.15, 0.2) is 17.9 Å². The molecule has 7 nitrogen and oxygen atoms in total. The summed E-state index contributed by atoms with van der Waals surface area (Å²) in [7, 11) is 1.52. The highest BCUT2D eigenvalue weighted by molar-refractivity contribution is 5.86. The third-order valence-corrected chi connectivity index (χ3v) is 5.35. The molecule has 0 saturated heterocycles. The average molecular weight is 425 g/mol. The van der Waals surface area contributed by atoms with Crippen LogP contribution in [-0.2, 0) is 4.79 Å². The van der Waals surface area contributed by atoms with E-state index in [0.717, 1.165) is 11.8 Å². The van der Waals surface area contributed by atoms with Crippen molar-refractivity contribution >= 4 is 16.9 Å². The zero-order valence-electron chi connectivity index (χ0n) is 17.9. The molecule has 1 heterocycles. The number of benzene rings is 2. The summed E-state index contributed by atoms with van der Waals surface area (Å²) in [5.74, 6) is 0.865. The number of hydrogen-bond acceptors (Lipinski definition) is 6. The van der Waals surface area contributed by atoms with Crippen LogP contribution in [0.15, 0.2) is 57.7 Å². The number of carbonyl (C=O) groups is 1. The Morgan fingerprint density at radius 1 is 1.19 bits per heavy atom. The van der Waals surface area contributed by atoms with Gasteiger partial charge in [0.25, 0.3) is 5.91 Å². The van der Waals surface area contributed by atoms with E-state index in [1.54, 1.807) is 36.4 Å². The van der Waals surface area contributed by atoms with Gasteiger partial charge in [0, 0.05) is 5.39 Å². The van der Waals surface area contributed by atoms with Gasteiger partial charge >= 0.3 is 5.63 Å². The molecule has 2 aromatic carbocycles. The van der Waals surface area contributed by atoms with Crippen LogP contribution in [0.2, 0.25) is 0 Å². The van der Waals surface area contributed by atoms with Gasteiger partial charge in [0.1, 0.15) is 5.75 Å². The van der Waals surface area contributed by atoms with Crippen molar-refractivity contribution in [1.82, 2.24) is 5.32 Å². The Balaban J connectivity index is 1.70. The predicted molar refractivity (Wildman–Crippen MR) is 118 cm³/mol. The number of aliphatic hydroxyl groups is 1. The van der Waals surface area contributed by atoms with Gasteiger partial charge in [-0.1, -0.05) is 44.5 Å². The lowest BCUT2D eigenvalue weighted by atomic mass is 10.00. The topological polar surface area (TPSA) is 98.0 Å². The summed E-state index contributed by atoms with van der Waals surface area (Å²) in [6, 6.07) is 13.7. The van der Waals surface area contributed by atoms with Crippen molar-refractivity contribution < 1.29 is 23.8 Å². The summed E-state index contributed by atoms with van der Waals surface area (Å²) >= 11 is 0. The molecule has 31 heavy (non-hydrogen) atoms. The number of nitrogens with one attached hydrogen (secondary N) is 1. The Morgan fingerprint density at radius 2 is 1.94 bits per heavy atom. The highest BCUT2D eigenvalue weighted by Gasteiger charge is 2.17. The highest BCUT2D eigenvalue weighted by Crippen LogP contribution is 2.28. The molecule has 2 N–H and O–H groups in total. The lowest BCUT2D eigenvalue weighted by Crippen LogP contribution is -2.43. The van der Waals surface area contributed by atoms with Gasteiger partial charge in [-0.05, 0) is 35.7 Å². The van der Waals surface area contributed by atoms with E-state index in [1.807, 2.05) is 26.0 Å². The second kappa shape index (κ2) is 10.1. The van der Waals surface area contributed by atoms with E-state index in [4.69, 9.17) is 13.9 Å². The summed E-state index contributed by atoms with van der Waals surface area (Å²) < 4.78 is 16.3. The average Bonchev–Trinajstić information content (AvgIpc) is 2.80. The van der Waals surface area contributed by atoms with E-state index < -0.39 is 5.63 Å².